The molecule has 1 atom stereocenters. The van der Waals surface area contributed by atoms with Crippen molar-refractivity contribution in [2.75, 3.05) is 46.9 Å². The summed E-state index contributed by atoms with van der Waals surface area (Å²) in [7, 11) is 3.89. The molecule has 1 saturated heterocycles. The largest absolute Gasteiger partial charge is 0.379 e. The molecule has 1 unspecified atom stereocenters. The first-order valence-corrected chi connectivity index (χ1v) is 10.7. The summed E-state index contributed by atoms with van der Waals surface area (Å²) in [6.07, 6.45) is 0. The van der Waals surface area contributed by atoms with Gasteiger partial charge in [0.15, 0.2) is 5.96 Å². The molecule has 1 aromatic carbocycles. The van der Waals surface area contributed by atoms with Crippen LogP contribution in [0.15, 0.2) is 34.6 Å². The van der Waals surface area contributed by atoms with Crippen molar-refractivity contribution in [3.8, 4) is 0 Å². The van der Waals surface area contributed by atoms with Crippen LogP contribution in [0.25, 0.3) is 0 Å². The van der Waals surface area contributed by atoms with Gasteiger partial charge in [0.25, 0.3) is 0 Å². The van der Waals surface area contributed by atoms with Gasteiger partial charge in [0.1, 0.15) is 0 Å². The molecule has 0 amide bonds. The van der Waals surface area contributed by atoms with Crippen LogP contribution in [0.1, 0.15) is 27.9 Å². The van der Waals surface area contributed by atoms with E-state index in [4.69, 9.17) is 4.74 Å². The molecule has 1 aliphatic rings. The molecule has 1 N–H and O–H groups in total. The fourth-order valence-corrected chi connectivity index (χ4v) is 4.11. The van der Waals surface area contributed by atoms with E-state index in [0.29, 0.717) is 0 Å². The average Bonchev–Trinajstić information content (AvgIpc) is 3.11. The Morgan fingerprint density at radius 3 is 2.61 bits per heavy atom. The summed E-state index contributed by atoms with van der Waals surface area (Å²) in [4.78, 5) is 13.7. The van der Waals surface area contributed by atoms with Crippen molar-refractivity contribution in [1.82, 2.24) is 20.1 Å². The van der Waals surface area contributed by atoms with E-state index in [9.17, 15) is 0 Å². The normalized spacial score (nSPS) is 16.8. The zero-order chi connectivity index (χ0) is 19.9. The Morgan fingerprint density at radius 1 is 1.29 bits per heavy atom. The lowest BCUT2D eigenvalue weighted by Gasteiger charge is -2.35. The summed E-state index contributed by atoms with van der Waals surface area (Å²) >= 11 is 1.68. The van der Waals surface area contributed by atoms with Gasteiger partial charge in [-0.25, -0.2) is 4.98 Å². The summed E-state index contributed by atoms with van der Waals surface area (Å²) in [5.41, 5.74) is 3.69. The van der Waals surface area contributed by atoms with Crippen LogP contribution in [-0.4, -0.2) is 67.7 Å². The van der Waals surface area contributed by atoms with Gasteiger partial charge < -0.3 is 15.0 Å². The highest BCUT2D eigenvalue weighted by atomic mass is 32.1. The second-order valence-electron chi connectivity index (χ2n) is 7.22. The molecule has 7 heteroatoms. The van der Waals surface area contributed by atoms with Crippen molar-refractivity contribution < 1.29 is 4.74 Å². The molecule has 2 aromatic rings. The van der Waals surface area contributed by atoms with Crippen LogP contribution in [0.5, 0.6) is 0 Å². The minimum atomic E-state index is 0.288. The van der Waals surface area contributed by atoms with E-state index in [1.54, 1.807) is 11.3 Å². The maximum Gasteiger partial charge on any atom is 0.193 e. The van der Waals surface area contributed by atoms with Crippen molar-refractivity contribution in [3.05, 3.63) is 51.5 Å². The van der Waals surface area contributed by atoms with Crippen molar-refractivity contribution in [3.63, 3.8) is 0 Å². The minimum absolute atomic E-state index is 0.288. The van der Waals surface area contributed by atoms with Crippen LogP contribution in [0.3, 0.4) is 0 Å². The first-order chi connectivity index (χ1) is 13.6. The molecule has 6 nitrogen and oxygen atoms in total. The van der Waals surface area contributed by atoms with Crippen LogP contribution >= 0.6 is 11.3 Å². The Kier molecular flexibility index (Phi) is 7.42. The highest BCUT2D eigenvalue weighted by molar-refractivity contribution is 7.09. The van der Waals surface area contributed by atoms with E-state index in [2.05, 4.69) is 68.7 Å². The Morgan fingerprint density at radius 2 is 2.00 bits per heavy atom. The smallest absolute Gasteiger partial charge is 0.193 e. The molecule has 28 heavy (non-hydrogen) atoms. The zero-order valence-electron chi connectivity index (χ0n) is 17.3. The third-order valence-electron chi connectivity index (χ3n) is 5.04. The van der Waals surface area contributed by atoms with E-state index >= 15 is 0 Å². The lowest BCUT2D eigenvalue weighted by atomic mass is 10.0. The molecule has 1 fully saturated rings. The van der Waals surface area contributed by atoms with Gasteiger partial charge in [0, 0.05) is 39.1 Å². The maximum absolute atomic E-state index is 5.56. The number of aliphatic imine (C=N–C) groups is 1. The first-order valence-electron chi connectivity index (χ1n) is 9.78. The Labute approximate surface area is 172 Å². The van der Waals surface area contributed by atoms with Gasteiger partial charge in [0.2, 0.25) is 0 Å². The standard InChI is InChI=1S/C21H31N5OS/c1-16-5-7-18(8-6-16)20(26-9-11-27-12-10-26)13-23-21(22-3)25(4)14-19-15-28-17(2)24-19/h5-8,15,20H,9-14H2,1-4H3,(H,22,23). The molecular formula is C21H31N5OS. The second-order valence-corrected chi connectivity index (χ2v) is 8.28. The zero-order valence-corrected chi connectivity index (χ0v) is 18.1. The predicted molar refractivity (Wildman–Crippen MR) is 116 cm³/mol. The predicted octanol–water partition coefficient (Wildman–Crippen LogP) is 2.84. The summed E-state index contributed by atoms with van der Waals surface area (Å²) in [5.74, 6) is 0.885. The van der Waals surface area contributed by atoms with Gasteiger partial charge in [-0.1, -0.05) is 29.8 Å². The lowest BCUT2D eigenvalue weighted by molar-refractivity contribution is 0.0169. The molecule has 0 radical (unpaired) electrons. The molecular weight excluding hydrogens is 370 g/mol. The number of nitrogens with one attached hydrogen (secondary N) is 1. The van der Waals surface area contributed by atoms with Gasteiger partial charge in [-0.3, -0.25) is 9.89 Å². The number of thiazole rings is 1. The van der Waals surface area contributed by atoms with E-state index in [0.717, 1.165) is 56.1 Å². The summed E-state index contributed by atoms with van der Waals surface area (Å²) in [5, 5.41) is 6.78. The third-order valence-corrected chi connectivity index (χ3v) is 5.86. The number of aromatic nitrogens is 1. The SMILES string of the molecule is CN=C(NCC(c1ccc(C)cc1)N1CCOCC1)N(C)Cc1csc(C)n1. The van der Waals surface area contributed by atoms with Crippen molar-refractivity contribution in [1.29, 1.82) is 0 Å². The summed E-state index contributed by atoms with van der Waals surface area (Å²) in [6.45, 7) is 9.20. The van der Waals surface area contributed by atoms with Gasteiger partial charge >= 0.3 is 0 Å². The molecule has 2 heterocycles. The highest BCUT2D eigenvalue weighted by Crippen LogP contribution is 2.22. The average molecular weight is 402 g/mol. The van der Waals surface area contributed by atoms with Crippen molar-refractivity contribution in [2.24, 2.45) is 4.99 Å². The topological polar surface area (TPSA) is 53.0 Å². The Bertz CT molecular complexity index is 767. The molecule has 0 bridgehead atoms. The van der Waals surface area contributed by atoms with E-state index in [1.807, 2.05) is 14.0 Å². The van der Waals surface area contributed by atoms with Gasteiger partial charge in [-0.05, 0) is 19.4 Å². The fourth-order valence-electron chi connectivity index (χ4n) is 3.51. The highest BCUT2D eigenvalue weighted by Gasteiger charge is 2.23. The number of rotatable bonds is 6. The van der Waals surface area contributed by atoms with E-state index in [1.165, 1.54) is 11.1 Å². The van der Waals surface area contributed by atoms with Gasteiger partial charge in [0.05, 0.1) is 36.5 Å². The van der Waals surface area contributed by atoms with Crippen LogP contribution in [0.2, 0.25) is 0 Å². The number of aryl methyl sites for hydroxylation is 2. The molecule has 0 saturated carbocycles. The van der Waals surface area contributed by atoms with Gasteiger partial charge in [-0.15, -0.1) is 11.3 Å². The Balaban J connectivity index is 1.67. The maximum atomic E-state index is 5.56. The number of guanidine groups is 1. The van der Waals surface area contributed by atoms with Gasteiger partial charge in [-0.2, -0.15) is 0 Å². The number of hydrogen-bond donors (Lipinski definition) is 1. The molecule has 152 valence electrons. The quantitative estimate of drug-likeness (QED) is 0.596. The van der Waals surface area contributed by atoms with Crippen molar-refractivity contribution in [2.45, 2.75) is 26.4 Å². The van der Waals surface area contributed by atoms with E-state index < -0.39 is 0 Å². The second kappa shape index (κ2) is 10.0. The molecule has 1 aromatic heterocycles. The number of hydrogen-bond acceptors (Lipinski definition) is 5. The monoisotopic (exact) mass is 401 g/mol. The molecule has 3 rings (SSSR count). The lowest BCUT2D eigenvalue weighted by Crippen LogP contribution is -2.46. The summed E-state index contributed by atoms with van der Waals surface area (Å²) < 4.78 is 5.56. The molecule has 0 spiro atoms. The summed E-state index contributed by atoms with van der Waals surface area (Å²) in [6, 6.07) is 9.14. The number of benzene rings is 1. The molecule has 0 aliphatic carbocycles. The minimum Gasteiger partial charge on any atom is -0.379 e. The number of ether oxygens (including phenoxy) is 1. The fraction of sp³-hybridized carbons (Fsp3) is 0.524. The van der Waals surface area contributed by atoms with Crippen LogP contribution in [-0.2, 0) is 11.3 Å². The van der Waals surface area contributed by atoms with Crippen molar-refractivity contribution >= 4 is 17.3 Å². The van der Waals surface area contributed by atoms with Crippen LogP contribution < -0.4 is 5.32 Å². The number of morpholine rings is 1. The number of nitrogens with zero attached hydrogens (tertiary/aromatic N) is 4. The Hall–Kier alpha value is -1.96. The third kappa shape index (κ3) is 5.53. The molecule has 1 aliphatic heterocycles. The van der Waals surface area contributed by atoms with Crippen LogP contribution in [0, 0.1) is 13.8 Å². The van der Waals surface area contributed by atoms with Crippen LogP contribution in [0.4, 0.5) is 0 Å². The van der Waals surface area contributed by atoms with E-state index in [-0.39, 0.29) is 6.04 Å². The first kappa shape index (κ1) is 20.8.